The molecule has 0 atom stereocenters. The summed E-state index contributed by atoms with van der Waals surface area (Å²) in [7, 11) is 3.38. The SMILES string of the molecule is COc1ccc(N(c2ccc(OC)cc2)c2cccc3c2c2ccccc2n3-c2ccc(Nc3ccc(C)cc3)cc2)cc1. The van der Waals surface area contributed by atoms with Crippen molar-refractivity contribution in [2.75, 3.05) is 24.4 Å². The Morgan fingerprint density at radius 3 is 1.68 bits per heavy atom. The van der Waals surface area contributed by atoms with Gasteiger partial charge in [0.25, 0.3) is 0 Å². The fraction of sp³-hybridized carbons (Fsp3) is 0.0769. The first-order valence-electron chi connectivity index (χ1n) is 14.7. The Morgan fingerprint density at radius 1 is 0.545 bits per heavy atom. The van der Waals surface area contributed by atoms with Crippen molar-refractivity contribution >= 4 is 50.2 Å². The Bertz CT molecular complexity index is 2000. The molecule has 0 aliphatic rings. The molecule has 1 aromatic heterocycles. The lowest BCUT2D eigenvalue weighted by Crippen LogP contribution is -2.10. The molecule has 44 heavy (non-hydrogen) atoms. The molecule has 0 saturated heterocycles. The van der Waals surface area contributed by atoms with Gasteiger partial charge in [0.2, 0.25) is 0 Å². The molecule has 1 heterocycles. The van der Waals surface area contributed by atoms with Gasteiger partial charge < -0.3 is 24.3 Å². The third kappa shape index (κ3) is 4.99. The van der Waals surface area contributed by atoms with E-state index in [1.165, 1.54) is 16.3 Å². The Kier molecular flexibility index (Phi) is 7.13. The minimum atomic E-state index is 0.818. The predicted octanol–water partition coefficient (Wildman–Crippen LogP) is 10.3. The summed E-state index contributed by atoms with van der Waals surface area (Å²) in [6.07, 6.45) is 0. The molecule has 216 valence electrons. The highest BCUT2D eigenvalue weighted by Gasteiger charge is 2.21. The summed E-state index contributed by atoms with van der Waals surface area (Å²) < 4.78 is 13.3. The van der Waals surface area contributed by atoms with E-state index in [4.69, 9.17) is 9.47 Å². The number of para-hydroxylation sites is 1. The van der Waals surface area contributed by atoms with Crippen LogP contribution in [0.1, 0.15) is 5.56 Å². The summed E-state index contributed by atoms with van der Waals surface area (Å²) in [5, 5.41) is 5.89. The average molecular weight is 576 g/mol. The summed E-state index contributed by atoms with van der Waals surface area (Å²) in [6, 6.07) is 48.7. The topological polar surface area (TPSA) is 38.7 Å². The lowest BCUT2D eigenvalue weighted by molar-refractivity contribution is 0.415. The molecular formula is C39H33N3O2. The molecule has 5 nitrogen and oxygen atoms in total. The first-order chi connectivity index (χ1) is 21.6. The van der Waals surface area contributed by atoms with Crippen LogP contribution in [0.3, 0.4) is 0 Å². The molecule has 0 saturated carbocycles. The zero-order valence-electron chi connectivity index (χ0n) is 25.0. The molecule has 0 aliphatic heterocycles. The second kappa shape index (κ2) is 11.5. The second-order valence-electron chi connectivity index (χ2n) is 10.8. The van der Waals surface area contributed by atoms with Crippen molar-refractivity contribution in [1.82, 2.24) is 4.57 Å². The highest BCUT2D eigenvalue weighted by atomic mass is 16.5. The number of anilines is 5. The molecule has 0 spiro atoms. The molecule has 0 fully saturated rings. The van der Waals surface area contributed by atoms with Crippen molar-refractivity contribution in [3.05, 3.63) is 145 Å². The Balaban J connectivity index is 1.39. The zero-order chi connectivity index (χ0) is 30.0. The van der Waals surface area contributed by atoms with Gasteiger partial charge in [-0.1, -0.05) is 42.0 Å². The number of hydrogen-bond donors (Lipinski definition) is 1. The molecule has 1 N–H and O–H groups in total. The molecule has 7 rings (SSSR count). The van der Waals surface area contributed by atoms with Crippen LogP contribution in [-0.4, -0.2) is 18.8 Å². The van der Waals surface area contributed by atoms with Crippen molar-refractivity contribution in [3.63, 3.8) is 0 Å². The summed E-state index contributed by atoms with van der Waals surface area (Å²) in [4.78, 5) is 2.30. The minimum absolute atomic E-state index is 0.818. The van der Waals surface area contributed by atoms with E-state index in [-0.39, 0.29) is 0 Å². The number of fused-ring (bicyclic) bond motifs is 3. The van der Waals surface area contributed by atoms with Crippen molar-refractivity contribution in [2.24, 2.45) is 0 Å². The first kappa shape index (κ1) is 27.2. The van der Waals surface area contributed by atoms with E-state index >= 15 is 0 Å². The van der Waals surface area contributed by atoms with Gasteiger partial charge in [0.1, 0.15) is 11.5 Å². The molecule has 0 unspecified atom stereocenters. The van der Waals surface area contributed by atoms with Gasteiger partial charge in [0.05, 0.1) is 30.9 Å². The van der Waals surface area contributed by atoms with Crippen LogP contribution >= 0.6 is 0 Å². The van der Waals surface area contributed by atoms with Crippen LogP contribution in [0, 0.1) is 6.92 Å². The van der Waals surface area contributed by atoms with Gasteiger partial charge in [-0.25, -0.2) is 0 Å². The van der Waals surface area contributed by atoms with Gasteiger partial charge in [-0.05, 0) is 110 Å². The van der Waals surface area contributed by atoms with Gasteiger partial charge >= 0.3 is 0 Å². The second-order valence-corrected chi connectivity index (χ2v) is 10.8. The number of aromatic nitrogens is 1. The van der Waals surface area contributed by atoms with Crippen LogP contribution in [0.2, 0.25) is 0 Å². The Morgan fingerprint density at radius 2 is 1.09 bits per heavy atom. The summed E-state index contributed by atoms with van der Waals surface area (Å²) in [5.41, 5.74) is 9.90. The number of ether oxygens (including phenoxy) is 2. The number of nitrogens with one attached hydrogen (secondary N) is 1. The van der Waals surface area contributed by atoms with Crippen LogP contribution in [0.5, 0.6) is 11.5 Å². The lowest BCUT2D eigenvalue weighted by Gasteiger charge is -2.27. The molecule has 0 bridgehead atoms. The molecule has 6 aromatic carbocycles. The number of methoxy groups -OCH3 is 2. The number of aryl methyl sites for hydroxylation is 1. The van der Waals surface area contributed by atoms with E-state index < -0.39 is 0 Å². The van der Waals surface area contributed by atoms with Crippen LogP contribution in [-0.2, 0) is 0 Å². The quantitative estimate of drug-likeness (QED) is 0.196. The number of hydrogen-bond acceptors (Lipinski definition) is 4. The van der Waals surface area contributed by atoms with Crippen molar-refractivity contribution < 1.29 is 9.47 Å². The van der Waals surface area contributed by atoms with Crippen LogP contribution in [0.15, 0.2) is 140 Å². The van der Waals surface area contributed by atoms with E-state index in [1.807, 2.05) is 24.3 Å². The molecule has 0 radical (unpaired) electrons. The van der Waals surface area contributed by atoms with E-state index in [2.05, 4.69) is 137 Å². The number of nitrogens with zero attached hydrogens (tertiary/aromatic N) is 2. The summed E-state index contributed by atoms with van der Waals surface area (Å²) >= 11 is 0. The maximum Gasteiger partial charge on any atom is 0.119 e. The third-order valence-corrected chi connectivity index (χ3v) is 8.04. The largest absolute Gasteiger partial charge is 0.497 e. The summed E-state index contributed by atoms with van der Waals surface area (Å²) in [5.74, 6) is 1.64. The van der Waals surface area contributed by atoms with Crippen molar-refractivity contribution in [2.45, 2.75) is 6.92 Å². The van der Waals surface area contributed by atoms with Crippen molar-refractivity contribution in [1.29, 1.82) is 0 Å². The lowest BCUT2D eigenvalue weighted by atomic mass is 10.1. The fourth-order valence-corrected chi connectivity index (χ4v) is 5.85. The van der Waals surface area contributed by atoms with E-state index in [9.17, 15) is 0 Å². The van der Waals surface area contributed by atoms with Gasteiger partial charge in [-0.15, -0.1) is 0 Å². The molecule has 7 aromatic rings. The number of rotatable bonds is 8. The van der Waals surface area contributed by atoms with E-state index in [1.54, 1.807) is 14.2 Å². The highest BCUT2D eigenvalue weighted by Crippen LogP contribution is 2.44. The van der Waals surface area contributed by atoms with Crippen molar-refractivity contribution in [3.8, 4) is 17.2 Å². The Hall–Kier alpha value is -5.68. The average Bonchev–Trinajstić information content (AvgIpc) is 3.42. The van der Waals surface area contributed by atoms with Crippen LogP contribution < -0.4 is 19.7 Å². The highest BCUT2D eigenvalue weighted by molar-refractivity contribution is 6.16. The van der Waals surface area contributed by atoms with Gasteiger partial charge in [0, 0.05) is 39.2 Å². The summed E-state index contributed by atoms with van der Waals surface area (Å²) in [6.45, 7) is 2.10. The molecule has 0 amide bonds. The third-order valence-electron chi connectivity index (χ3n) is 8.04. The molecule has 0 aliphatic carbocycles. The van der Waals surface area contributed by atoms with E-state index in [0.717, 1.165) is 56.7 Å². The fourth-order valence-electron chi connectivity index (χ4n) is 5.85. The normalized spacial score (nSPS) is 11.1. The predicted molar refractivity (Wildman–Crippen MR) is 183 cm³/mol. The van der Waals surface area contributed by atoms with Gasteiger partial charge in [-0.3, -0.25) is 0 Å². The first-order valence-corrected chi connectivity index (χ1v) is 14.7. The van der Waals surface area contributed by atoms with Crippen LogP contribution in [0.25, 0.3) is 27.5 Å². The van der Waals surface area contributed by atoms with E-state index in [0.29, 0.717) is 0 Å². The number of benzene rings is 6. The smallest absolute Gasteiger partial charge is 0.119 e. The molecule has 5 heteroatoms. The van der Waals surface area contributed by atoms with Gasteiger partial charge in [0.15, 0.2) is 0 Å². The van der Waals surface area contributed by atoms with Gasteiger partial charge in [-0.2, -0.15) is 0 Å². The Labute approximate surface area is 257 Å². The monoisotopic (exact) mass is 575 g/mol. The maximum atomic E-state index is 5.47. The van der Waals surface area contributed by atoms with Crippen LogP contribution in [0.4, 0.5) is 28.4 Å². The minimum Gasteiger partial charge on any atom is -0.497 e. The molecular weight excluding hydrogens is 542 g/mol. The maximum absolute atomic E-state index is 5.47. The zero-order valence-corrected chi connectivity index (χ0v) is 25.0. The standard InChI is InChI=1S/C39H33N3O2/c1-27-11-13-28(14-12-27)40-29-15-17-32(18-16-29)42-36-8-5-4-7-35(36)39-37(9-6-10-38(39)42)41(30-19-23-33(43-2)24-20-30)31-21-25-34(44-3)26-22-31/h4-26,40H,1-3H3.